The molecular weight excluding hydrogens is 300 g/mol. The van der Waals surface area contributed by atoms with Crippen molar-refractivity contribution < 1.29 is 8.78 Å². The molecule has 0 saturated heterocycles. The smallest absolute Gasteiger partial charge is 0.229 e. The van der Waals surface area contributed by atoms with E-state index in [4.69, 9.17) is 0 Å². The maximum atomic E-state index is 13.6. The van der Waals surface area contributed by atoms with Crippen LogP contribution >= 0.6 is 0 Å². The van der Waals surface area contributed by atoms with Crippen molar-refractivity contribution in [1.29, 1.82) is 0 Å². The summed E-state index contributed by atoms with van der Waals surface area (Å²) in [7, 11) is 4.09. The van der Waals surface area contributed by atoms with Crippen molar-refractivity contribution in [3.63, 3.8) is 0 Å². The van der Waals surface area contributed by atoms with Crippen LogP contribution in [-0.4, -0.2) is 42.1 Å². The van der Waals surface area contributed by atoms with Crippen LogP contribution in [-0.2, 0) is 0 Å². The molecule has 0 amide bonds. The molecule has 1 aromatic carbocycles. The fourth-order valence-electron chi connectivity index (χ4n) is 2.00. The van der Waals surface area contributed by atoms with E-state index in [9.17, 15) is 8.78 Å². The summed E-state index contributed by atoms with van der Waals surface area (Å²) < 4.78 is 26.8. The van der Waals surface area contributed by atoms with Crippen molar-refractivity contribution in [3.05, 3.63) is 42.1 Å². The van der Waals surface area contributed by atoms with Gasteiger partial charge in [-0.1, -0.05) is 0 Å². The predicted molar refractivity (Wildman–Crippen MR) is 88.0 cm³/mol. The van der Waals surface area contributed by atoms with E-state index in [1.165, 1.54) is 0 Å². The van der Waals surface area contributed by atoms with Crippen LogP contribution in [0.25, 0.3) is 0 Å². The summed E-state index contributed by atoms with van der Waals surface area (Å²) in [5.74, 6) is -0.224. The van der Waals surface area contributed by atoms with Crippen molar-refractivity contribution in [2.45, 2.75) is 12.8 Å². The highest BCUT2D eigenvalue weighted by Crippen LogP contribution is 2.19. The minimum atomic E-state index is -0.558. The number of anilines is 3. The standard InChI is InChI=1S/C16H21F2N5/c1-23(2)10-4-3-8-19-15-7-9-20-16(22-15)21-14-11-12(17)5-6-13(14)18/h5-7,9,11H,3-4,8,10H2,1-2H3,(H2,19,20,21,22). The normalized spacial score (nSPS) is 10.8. The van der Waals surface area contributed by atoms with E-state index in [-0.39, 0.29) is 11.6 Å². The predicted octanol–water partition coefficient (Wildman–Crippen LogP) is 3.25. The Hall–Kier alpha value is -2.28. The van der Waals surface area contributed by atoms with E-state index in [1.807, 2.05) is 14.1 Å². The van der Waals surface area contributed by atoms with Gasteiger partial charge in [0.05, 0.1) is 5.69 Å². The lowest BCUT2D eigenvalue weighted by Crippen LogP contribution is -2.14. The van der Waals surface area contributed by atoms with Gasteiger partial charge in [-0.05, 0) is 51.7 Å². The van der Waals surface area contributed by atoms with Gasteiger partial charge in [-0.3, -0.25) is 0 Å². The van der Waals surface area contributed by atoms with Crippen LogP contribution in [0.1, 0.15) is 12.8 Å². The fourth-order valence-corrected chi connectivity index (χ4v) is 2.00. The molecule has 2 N–H and O–H groups in total. The van der Waals surface area contributed by atoms with Crippen LogP contribution in [0.4, 0.5) is 26.2 Å². The number of unbranched alkanes of at least 4 members (excludes halogenated alkanes) is 1. The molecule has 0 unspecified atom stereocenters. The van der Waals surface area contributed by atoms with Gasteiger partial charge < -0.3 is 15.5 Å². The third-order valence-corrected chi connectivity index (χ3v) is 3.17. The zero-order valence-corrected chi connectivity index (χ0v) is 13.3. The van der Waals surface area contributed by atoms with E-state index in [1.54, 1.807) is 12.3 Å². The number of rotatable bonds is 8. The van der Waals surface area contributed by atoms with Gasteiger partial charge in [0.2, 0.25) is 5.95 Å². The number of benzene rings is 1. The van der Waals surface area contributed by atoms with Crippen LogP contribution < -0.4 is 10.6 Å². The lowest BCUT2D eigenvalue weighted by atomic mass is 10.3. The maximum absolute atomic E-state index is 13.6. The van der Waals surface area contributed by atoms with Crippen LogP contribution in [0.15, 0.2) is 30.5 Å². The quantitative estimate of drug-likeness (QED) is 0.731. The summed E-state index contributed by atoms with van der Waals surface area (Å²) in [6, 6.07) is 4.93. The first-order valence-corrected chi connectivity index (χ1v) is 7.48. The average Bonchev–Trinajstić information content (AvgIpc) is 2.51. The van der Waals surface area contributed by atoms with Gasteiger partial charge in [-0.2, -0.15) is 4.98 Å². The van der Waals surface area contributed by atoms with E-state index in [2.05, 4.69) is 25.5 Å². The summed E-state index contributed by atoms with van der Waals surface area (Å²) in [6.07, 6.45) is 3.67. The van der Waals surface area contributed by atoms with Gasteiger partial charge in [-0.25, -0.2) is 13.8 Å². The molecule has 7 heteroatoms. The molecule has 124 valence electrons. The van der Waals surface area contributed by atoms with Gasteiger partial charge in [-0.15, -0.1) is 0 Å². The van der Waals surface area contributed by atoms with Crippen molar-refractivity contribution >= 4 is 17.5 Å². The monoisotopic (exact) mass is 321 g/mol. The van der Waals surface area contributed by atoms with Crippen molar-refractivity contribution in [1.82, 2.24) is 14.9 Å². The molecule has 0 spiro atoms. The zero-order valence-electron chi connectivity index (χ0n) is 13.3. The van der Waals surface area contributed by atoms with E-state index in [0.29, 0.717) is 5.82 Å². The lowest BCUT2D eigenvalue weighted by Gasteiger charge is -2.10. The van der Waals surface area contributed by atoms with Crippen molar-refractivity contribution in [3.8, 4) is 0 Å². The topological polar surface area (TPSA) is 53.1 Å². The summed E-state index contributed by atoms with van der Waals surface area (Å²) in [5.41, 5.74) is 0.00753. The molecule has 0 bridgehead atoms. The summed E-state index contributed by atoms with van der Waals surface area (Å²) >= 11 is 0. The second-order valence-electron chi connectivity index (χ2n) is 5.45. The van der Waals surface area contributed by atoms with Gasteiger partial charge >= 0.3 is 0 Å². The number of aromatic nitrogens is 2. The molecule has 1 heterocycles. The summed E-state index contributed by atoms with van der Waals surface area (Å²) in [6.45, 7) is 1.83. The number of nitrogens with one attached hydrogen (secondary N) is 2. The molecule has 0 aliphatic carbocycles. The highest BCUT2D eigenvalue weighted by atomic mass is 19.1. The largest absolute Gasteiger partial charge is 0.370 e. The number of halogens is 2. The molecule has 0 saturated carbocycles. The molecule has 23 heavy (non-hydrogen) atoms. The van der Waals surface area contributed by atoms with Crippen molar-refractivity contribution in [2.24, 2.45) is 0 Å². The third kappa shape index (κ3) is 5.78. The Morgan fingerprint density at radius 1 is 1.13 bits per heavy atom. The SMILES string of the molecule is CN(C)CCCCNc1ccnc(Nc2cc(F)ccc2F)n1. The maximum Gasteiger partial charge on any atom is 0.229 e. The van der Waals surface area contributed by atoms with E-state index >= 15 is 0 Å². The Kier molecular flexibility index (Phi) is 6.22. The Morgan fingerprint density at radius 2 is 1.96 bits per heavy atom. The molecule has 2 rings (SSSR count). The summed E-state index contributed by atoms with van der Waals surface area (Å²) in [5, 5.41) is 5.88. The van der Waals surface area contributed by atoms with Gasteiger partial charge in [0.15, 0.2) is 0 Å². The molecule has 1 aromatic heterocycles. The van der Waals surface area contributed by atoms with Gasteiger partial charge in [0.25, 0.3) is 0 Å². The highest BCUT2D eigenvalue weighted by molar-refractivity contribution is 5.55. The molecule has 5 nitrogen and oxygen atoms in total. The van der Waals surface area contributed by atoms with Crippen LogP contribution in [0.3, 0.4) is 0 Å². The molecule has 0 aliphatic rings. The second kappa shape index (κ2) is 8.38. The number of hydrogen-bond donors (Lipinski definition) is 2. The average molecular weight is 321 g/mol. The molecule has 0 atom stereocenters. The fraction of sp³-hybridized carbons (Fsp3) is 0.375. The Labute approximate surface area is 134 Å². The minimum absolute atomic E-state index is 0.00753. The van der Waals surface area contributed by atoms with Crippen LogP contribution in [0.5, 0.6) is 0 Å². The minimum Gasteiger partial charge on any atom is -0.370 e. The number of hydrogen-bond acceptors (Lipinski definition) is 5. The Morgan fingerprint density at radius 3 is 2.74 bits per heavy atom. The molecule has 0 fully saturated rings. The van der Waals surface area contributed by atoms with Gasteiger partial charge in [0, 0.05) is 18.8 Å². The first kappa shape index (κ1) is 17.1. The summed E-state index contributed by atoms with van der Waals surface area (Å²) in [4.78, 5) is 10.4. The molecular formula is C16H21F2N5. The van der Waals surface area contributed by atoms with Gasteiger partial charge in [0.1, 0.15) is 17.5 Å². The van der Waals surface area contributed by atoms with Crippen LogP contribution in [0, 0.1) is 11.6 Å². The Balaban J connectivity index is 1.90. The van der Waals surface area contributed by atoms with Crippen molar-refractivity contribution in [2.75, 3.05) is 37.8 Å². The molecule has 0 radical (unpaired) electrons. The van der Waals surface area contributed by atoms with E-state index < -0.39 is 11.6 Å². The molecule has 2 aromatic rings. The third-order valence-electron chi connectivity index (χ3n) is 3.17. The highest BCUT2D eigenvalue weighted by Gasteiger charge is 2.06. The van der Waals surface area contributed by atoms with E-state index in [0.717, 1.165) is 44.1 Å². The zero-order chi connectivity index (χ0) is 16.7. The molecule has 0 aliphatic heterocycles. The van der Waals surface area contributed by atoms with Crippen LogP contribution in [0.2, 0.25) is 0 Å². The number of nitrogens with zero attached hydrogens (tertiary/aromatic N) is 3. The lowest BCUT2D eigenvalue weighted by molar-refractivity contribution is 0.396. The first-order valence-electron chi connectivity index (χ1n) is 7.48. The second-order valence-corrected chi connectivity index (χ2v) is 5.45. The Bertz CT molecular complexity index is 634. The first-order chi connectivity index (χ1) is 11.0.